The highest BCUT2D eigenvalue weighted by atomic mass is 19.1. The number of Topliss-reactive ketones (excluding diaryl/α,β-unsaturated/α-hetero) is 1. The molecule has 0 atom stereocenters. The molecule has 1 aromatic carbocycles. The van der Waals surface area contributed by atoms with E-state index in [1.54, 1.807) is 6.92 Å². The third-order valence-electron chi connectivity index (χ3n) is 2.04. The van der Waals surface area contributed by atoms with Crippen LogP contribution in [0.25, 0.3) is 0 Å². The van der Waals surface area contributed by atoms with E-state index in [9.17, 15) is 13.6 Å². The van der Waals surface area contributed by atoms with Gasteiger partial charge in [-0.1, -0.05) is 13.0 Å². The van der Waals surface area contributed by atoms with Gasteiger partial charge in [0.2, 0.25) is 0 Å². The number of ketones is 1. The Bertz CT molecular complexity index is 359. The lowest BCUT2D eigenvalue weighted by Gasteiger charge is -2.05. The lowest BCUT2D eigenvalue weighted by Crippen LogP contribution is -2.06. The van der Waals surface area contributed by atoms with Crippen molar-refractivity contribution in [3.8, 4) is 0 Å². The normalized spacial score (nSPS) is 10.3. The van der Waals surface area contributed by atoms with Crippen molar-refractivity contribution in [3.63, 3.8) is 0 Å². The number of benzene rings is 1. The predicted molar refractivity (Wildman–Crippen MR) is 50.3 cm³/mol. The maximum atomic E-state index is 13.4. The van der Waals surface area contributed by atoms with Crippen LogP contribution in [0.15, 0.2) is 12.1 Å². The second-order valence-corrected chi connectivity index (χ2v) is 3.23. The van der Waals surface area contributed by atoms with Gasteiger partial charge in [0.05, 0.1) is 5.56 Å². The molecule has 1 rings (SSSR count). The van der Waals surface area contributed by atoms with Crippen LogP contribution in [0, 0.1) is 18.6 Å². The van der Waals surface area contributed by atoms with Crippen LogP contribution in [0.5, 0.6) is 0 Å². The van der Waals surface area contributed by atoms with Gasteiger partial charge in [-0.25, -0.2) is 8.78 Å². The number of carbonyl (C=O) groups excluding carboxylic acids is 1. The number of rotatable bonds is 3. The van der Waals surface area contributed by atoms with Gasteiger partial charge < -0.3 is 0 Å². The highest BCUT2D eigenvalue weighted by Crippen LogP contribution is 2.18. The molecule has 0 fully saturated rings. The molecular weight excluding hydrogens is 186 g/mol. The molecule has 0 radical (unpaired) electrons. The number of aryl methyl sites for hydroxylation is 1. The fourth-order valence-corrected chi connectivity index (χ4v) is 1.26. The first kappa shape index (κ1) is 10.8. The van der Waals surface area contributed by atoms with E-state index in [1.807, 2.05) is 0 Å². The minimum Gasteiger partial charge on any atom is -0.294 e. The Morgan fingerprint density at radius 2 is 2.00 bits per heavy atom. The predicted octanol–water partition coefficient (Wildman–Crippen LogP) is 3.26. The fraction of sp³-hybridized carbons (Fsp3) is 0.364. The summed E-state index contributed by atoms with van der Waals surface area (Å²) >= 11 is 0. The molecular formula is C11H12F2O. The average Bonchev–Trinajstić information content (AvgIpc) is 2.13. The lowest BCUT2D eigenvalue weighted by atomic mass is 10.0. The first-order chi connectivity index (χ1) is 6.57. The molecule has 0 bridgehead atoms. The molecule has 0 N–H and O–H groups in total. The van der Waals surface area contributed by atoms with E-state index in [0.717, 1.165) is 6.07 Å². The molecule has 1 aromatic rings. The molecule has 0 unspecified atom stereocenters. The summed E-state index contributed by atoms with van der Waals surface area (Å²) in [4.78, 5) is 11.4. The van der Waals surface area contributed by atoms with Crippen molar-refractivity contribution in [3.05, 3.63) is 34.9 Å². The van der Waals surface area contributed by atoms with Gasteiger partial charge in [-0.05, 0) is 25.0 Å². The van der Waals surface area contributed by atoms with E-state index >= 15 is 0 Å². The molecule has 3 heteroatoms. The monoisotopic (exact) mass is 198 g/mol. The van der Waals surface area contributed by atoms with Crippen molar-refractivity contribution >= 4 is 5.78 Å². The Balaban J connectivity index is 3.18. The van der Waals surface area contributed by atoms with Crippen molar-refractivity contribution in [1.82, 2.24) is 0 Å². The summed E-state index contributed by atoms with van der Waals surface area (Å²) in [6.07, 6.45) is 0.767. The smallest absolute Gasteiger partial charge is 0.168 e. The zero-order valence-corrected chi connectivity index (χ0v) is 8.23. The Morgan fingerprint density at radius 3 is 2.57 bits per heavy atom. The van der Waals surface area contributed by atoms with Crippen molar-refractivity contribution in [1.29, 1.82) is 0 Å². The van der Waals surface area contributed by atoms with Crippen LogP contribution in [-0.2, 0) is 0 Å². The largest absolute Gasteiger partial charge is 0.294 e. The Kier molecular flexibility index (Phi) is 3.33. The van der Waals surface area contributed by atoms with Gasteiger partial charge in [0, 0.05) is 6.42 Å². The van der Waals surface area contributed by atoms with Crippen molar-refractivity contribution in [2.75, 3.05) is 0 Å². The second-order valence-electron chi connectivity index (χ2n) is 3.23. The Morgan fingerprint density at radius 1 is 1.36 bits per heavy atom. The molecule has 0 aromatic heterocycles. The SMILES string of the molecule is CCCC(=O)c1c(F)ccc(C)c1F. The Hall–Kier alpha value is -1.25. The minimum absolute atomic E-state index is 0.178. The highest BCUT2D eigenvalue weighted by Gasteiger charge is 2.17. The van der Waals surface area contributed by atoms with Crippen LogP contribution in [0.4, 0.5) is 8.78 Å². The van der Waals surface area contributed by atoms with Crippen LogP contribution >= 0.6 is 0 Å². The number of halogens is 2. The van der Waals surface area contributed by atoms with E-state index in [0.29, 0.717) is 12.0 Å². The summed E-state index contributed by atoms with van der Waals surface area (Å²) in [6.45, 7) is 3.31. The zero-order valence-electron chi connectivity index (χ0n) is 8.23. The standard InChI is InChI=1S/C11H12F2O/c1-3-4-9(14)10-8(12)6-5-7(2)11(10)13/h5-6H,3-4H2,1-2H3. The summed E-state index contributed by atoms with van der Waals surface area (Å²) < 4.78 is 26.5. The van der Waals surface area contributed by atoms with E-state index in [4.69, 9.17) is 0 Å². The topological polar surface area (TPSA) is 17.1 Å². The molecule has 0 aliphatic heterocycles. The maximum absolute atomic E-state index is 13.4. The van der Waals surface area contributed by atoms with Crippen molar-refractivity contribution < 1.29 is 13.6 Å². The molecule has 0 aliphatic rings. The van der Waals surface area contributed by atoms with Gasteiger partial charge in [0.15, 0.2) is 5.78 Å². The van der Waals surface area contributed by atoms with E-state index < -0.39 is 23.0 Å². The van der Waals surface area contributed by atoms with Crippen LogP contribution in [0.2, 0.25) is 0 Å². The van der Waals surface area contributed by atoms with Gasteiger partial charge >= 0.3 is 0 Å². The van der Waals surface area contributed by atoms with E-state index in [-0.39, 0.29) is 6.42 Å². The summed E-state index contributed by atoms with van der Waals surface area (Å²) in [7, 11) is 0. The van der Waals surface area contributed by atoms with Crippen LogP contribution < -0.4 is 0 Å². The second kappa shape index (κ2) is 4.31. The average molecular weight is 198 g/mol. The van der Waals surface area contributed by atoms with E-state index in [2.05, 4.69) is 0 Å². The number of hydrogen-bond donors (Lipinski definition) is 0. The molecule has 0 saturated carbocycles. The molecule has 0 amide bonds. The summed E-state index contributed by atoms with van der Waals surface area (Å²) in [5.41, 5.74) is -0.0993. The van der Waals surface area contributed by atoms with Gasteiger partial charge in [0.1, 0.15) is 11.6 Å². The summed E-state index contributed by atoms with van der Waals surface area (Å²) in [6, 6.07) is 2.45. The van der Waals surface area contributed by atoms with Crippen LogP contribution in [0.1, 0.15) is 35.7 Å². The van der Waals surface area contributed by atoms with E-state index in [1.165, 1.54) is 13.0 Å². The molecule has 0 spiro atoms. The third kappa shape index (κ3) is 1.97. The van der Waals surface area contributed by atoms with Crippen molar-refractivity contribution in [2.24, 2.45) is 0 Å². The summed E-state index contributed by atoms with van der Waals surface area (Å²) in [5.74, 6) is -1.97. The maximum Gasteiger partial charge on any atom is 0.168 e. The fourth-order valence-electron chi connectivity index (χ4n) is 1.26. The van der Waals surface area contributed by atoms with Gasteiger partial charge in [0.25, 0.3) is 0 Å². The number of hydrogen-bond acceptors (Lipinski definition) is 1. The minimum atomic E-state index is -0.772. The van der Waals surface area contributed by atoms with Crippen molar-refractivity contribution in [2.45, 2.75) is 26.7 Å². The molecule has 0 heterocycles. The molecule has 0 saturated heterocycles. The third-order valence-corrected chi connectivity index (χ3v) is 2.04. The first-order valence-corrected chi connectivity index (χ1v) is 4.55. The highest BCUT2D eigenvalue weighted by molar-refractivity contribution is 5.96. The van der Waals surface area contributed by atoms with Gasteiger partial charge in [-0.2, -0.15) is 0 Å². The van der Waals surface area contributed by atoms with Gasteiger partial charge in [-0.3, -0.25) is 4.79 Å². The quantitative estimate of drug-likeness (QED) is 0.681. The first-order valence-electron chi connectivity index (χ1n) is 4.55. The zero-order chi connectivity index (χ0) is 10.7. The Labute approximate surface area is 81.7 Å². The molecule has 14 heavy (non-hydrogen) atoms. The molecule has 76 valence electrons. The summed E-state index contributed by atoms with van der Waals surface area (Å²) in [5, 5.41) is 0. The van der Waals surface area contributed by atoms with Crippen LogP contribution in [-0.4, -0.2) is 5.78 Å². The molecule has 1 nitrogen and oxygen atoms in total. The lowest BCUT2D eigenvalue weighted by molar-refractivity contribution is 0.0973. The van der Waals surface area contributed by atoms with Crippen LogP contribution in [0.3, 0.4) is 0 Å². The van der Waals surface area contributed by atoms with Gasteiger partial charge in [-0.15, -0.1) is 0 Å². The molecule has 0 aliphatic carbocycles. The number of carbonyl (C=O) groups is 1.